The molecule has 1 nitrogen and oxygen atoms in total. The number of para-hydroxylation sites is 1. The lowest BCUT2D eigenvalue weighted by molar-refractivity contribution is 0.672. The van der Waals surface area contributed by atoms with Crippen molar-refractivity contribution in [2.75, 3.05) is 0 Å². The van der Waals surface area contributed by atoms with Gasteiger partial charge in [0.2, 0.25) is 0 Å². The van der Waals surface area contributed by atoms with Crippen molar-refractivity contribution < 1.29 is 4.42 Å². The number of hydrogen-bond donors (Lipinski definition) is 0. The van der Waals surface area contributed by atoms with Gasteiger partial charge < -0.3 is 4.42 Å². The fourth-order valence-electron chi connectivity index (χ4n) is 7.90. The van der Waals surface area contributed by atoms with E-state index in [2.05, 4.69) is 176 Å². The SMILES string of the molecule is c1ccc(-c2cccc(-c3ccccc3)c2-c2c3ccccc3c(-c3ccc4ccc5c6ccccc6oc5c4c3)c3ccccc23)cc1. The molecule has 0 amide bonds. The summed E-state index contributed by atoms with van der Waals surface area (Å²) in [7, 11) is 0. The zero-order valence-corrected chi connectivity index (χ0v) is 26.7. The monoisotopic (exact) mass is 622 g/mol. The molecule has 1 heterocycles. The Balaban J connectivity index is 1.32. The molecule has 0 atom stereocenters. The van der Waals surface area contributed by atoms with Gasteiger partial charge in [-0.3, -0.25) is 0 Å². The van der Waals surface area contributed by atoms with Crippen molar-refractivity contribution in [1.29, 1.82) is 0 Å². The topological polar surface area (TPSA) is 13.1 Å². The molecule has 0 fully saturated rings. The van der Waals surface area contributed by atoms with Crippen LogP contribution in [0.4, 0.5) is 0 Å². The van der Waals surface area contributed by atoms with Crippen LogP contribution in [0.3, 0.4) is 0 Å². The Bertz CT molecular complexity index is 2750. The van der Waals surface area contributed by atoms with Gasteiger partial charge in [0.1, 0.15) is 11.2 Å². The van der Waals surface area contributed by atoms with Crippen LogP contribution in [0.15, 0.2) is 186 Å². The van der Waals surface area contributed by atoms with Crippen LogP contribution in [0.5, 0.6) is 0 Å². The molecule has 1 heteroatoms. The lowest BCUT2D eigenvalue weighted by atomic mass is 9.81. The zero-order valence-electron chi connectivity index (χ0n) is 26.7. The van der Waals surface area contributed by atoms with Gasteiger partial charge in [0.05, 0.1) is 0 Å². The summed E-state index contributed by atoms with van der Waals surface area (Å²) in [6.07, 6.45) is 0. The van der Waals surface area contributed by atoms with Crippen molar-refractivity contribution in [2.24, 2.45) is 0 Å². The molecule has 228 valence electrons. The van der Waals surface area contributed by atoms with E-state index in [-0.39, 0.29) is 0 Å². The predicted molar refractivity (Wildman–Crippen MR) is 208 cm³/mol. The first-order valence-corrected chi connectivity index (χ1v) is 16.9. The number of benzene rings is 9. The molecular weight excluding hydrogens is 593 g/mol. The van der Waals surface area contributed by atoms with Gasteiger partial charge in [-0.05, 0) is 89.6 Å². The van der Waals surface area contributed by atoms with Crippen LogP contribution >= 0.6 is 0 Å². The van der Waals surface area contributed by atoms with Gasteiger partial charge in [-0.1, -0.05) is 164 Å². The summed E-state index contributed by atoms with van der Waals surface area (Å²) in [4.78, 5) is 0. The smallest absolute Gasteiger partial charge is 0.143 e. The van der Waals surface area contributed by atoms with Crippen LogP contribution < -0.4 is 0 Å². The molecule has 1 aromatic heterocycles. The first-order chi connectivity index (χ1) is 24.3. The molecule has 0 aliphatic rings. The van der Waals surface area contributed by atoms with Crippen molar-refractivity contribution in [2.45, 2.75) is 0 Å². The van der Waals surface area contributed by atoms with Crippen LogP contribution in [-0.2, 0) is 0 Å². The first kappa shape index (κ1) is 27.7. The van der Waals surface area contributed by atoms with E-state index in [1.54, 1.807) is 0 Å². The van der Waals surface area contributed by atoms with Gasteiger partial charge in [-0.2, -0.15) is 0 Å². The first-order valence-electron chi connectivity index (χ1n) is 16.9. The lowest BCUT2D eigenvalue weighted by Crippen LogP contribution is -1.95. The largest absolute Gasteiger partial charge is 0.455 e. The molecule has 10 rings (SSSR count). The van der Waals surface area contributed by atoms with Crippen molar-refractivity contribution in [3.05, 3.63) is 182 Å². The van der Waals surface area contributed by atoms with Gasteiger partial charge in [0, 0.05) is 16.2 Å². The van der Waals surface area contributed by atoms with Crippen molar-refractivity contribution in [1.82, 2.24) is 0 Å². The molecule has 0 aliphatic carbocycles. The molecule has 0 unspecified atom stereocenters. The fourth-order valence-corrected chi connectivity index (χ4v) is 7.90. The Morgan fingerprint density at radius 2 is 0.796 bits per heavy atom. The third-order valence-electron chi connectivity index (χ3n) is 10.1. The molecule has 0 saturated carbocycles. The van der Waals surface area contributed by atoms with Crippen LogP contribution in [0.25, 0.3) is 98.8 Å². The highest BCUT2D eigenvalue weighted by Gasteiger charge is 2.22. The molecule has 0 aliphatic heterocycles. The third kappa shape index (κ3) is 4.33. The average molecular weight is 623 g/mol. The lowest BCUT2D eigenvalue weighted by Gasteiger charge is -2.22. The fraction of sp³-hybridized carbons (Fsp3) is 0. The molecule has 0 radical (unpaired) electrons. The van der Waals surface area contributed by atoms with E-state index in [0.29, 0.717) is 0 Å². The number of hydrogen-bond acceptors (Lipinski definition) is 1. The van der Waals surface area contributed by atoms with E-state index in [9.17, 15) is 0 Å². The van der Waals surface area contributed by atoms with Gasteiger partial charge in [0.25, 0.3) is 0 Å². The number of furan rings is 1. The quantitative estimate of drug-likeness (QED) is 0.178. The van der Waals surface area contributed by atoms with Crippen LogP contribution in [-0.4, -0.2) is 0 Å². The number of fused-ring (bicyclic) bond motifs is 7. The van der Waals surface area contributed by atoms with Crippen molar-refractivity contribution >= 4 is 54.3 Å². The summed E-state index contributed by atoms with van der Waals surface area (Å²) in [5.41, 5.74) is 11.6. The second-order valence-electron chi connectivity index (χ2n) is 12.8. The minimum Gasteiger partial charge on any atom is -0.455 e. The zero-order chi connectivity index (χ0) is 32.3. The van der Waals surface area contributed by atoms with E-state index in [1.807, 2.05) is 6.07 Å². The Hall–Kier alpha value is -6.44. The van der Waals surface area contributed by atoms with E-state index < -0.39 is 0 Å². The molecule has 49 heavy (non-hydrogen) atoms. The van der Waals surface area contributed by atoms with E-state index in [0.717, 1.165) is 27.3 Å². The second kappa shape index (κ2) is 11.1. The standard InChI is InChI=1S/C48H30O/c1-3-14-31(15-4-1)35-23-13-24-36(32-16-5-2-6-17-32)46(35)47-40-21-9-7-19-38(40)45(39-20-8-10-22-41(39)47)34-27-26-33-28-29-42-37-18-11-12-25-44(37)49-48(42)43(33)30-34/h1-30H. The molecule has 10 aromatic rings. The molecule has 9 aromatic carbocycles. The molecule has 0 bridgehead atoms. The third-order valence-corrected chi connectivity index (χ3v) is 10.1. The maximum absolute atomic E-state index is 6.52. The summed E-state index contributed by atoms with van der Waals surface area (Å²) < 4.78 is 6.52. The van der Waals surface area contributed by atoms with Gasteiger partial charge in [0.15, 0.2) is 0 Å². The summed E-state index contributed by atoms with van der Waals surface area (Å²) in [6.45, 7) is 0. The van der Waals surface area contributed by atoms with Gasteiger partial charge >= 0.3 is 0 Å². The number of rotatable bonds is 4. The molecule has 0 spiro atoms. The van der Waals surface area contributed by atoms with Crippen molar-refractivity contribution in [3.8, 4) is 44.5 Å². The highest BCUT2D eigenvalue weighted by molar-refractivity contribution is 6.24. The van der Waals surface area contributed by atoms with E-state index in [4.69, 9.17) is 4.42 Å². The van der Waals surface area contributed by atoms with Crippen LogP contribution in [0.2, 0.25) is 0 Å². The summed E-state index contributed by atoms with van der Waals surface area (Å²) in [5, 5.41) is 9.53. The van der Waals surface area contributed by atoms with Gasteiger partial charge in [-0.25, -0.2) is 0 Å². The Morgan fingerprint density at radius 1 is 0.286 bits per heavy atom. The van der Waals surface area contributed by atoms with Crippen LogP contribution in [0.1, 0.15) is 0 Å². The highest BCUT2D eigenvalue weighted by Crippen LogP contribution is 2.49. The molecular formula is C48H30O. The Morgan fingerprint density at radius 3 is 1.41 bits per heavy atom. The summed E-state index contributed by atoms with van der Waals surface area (Å²) in [6, 6.07) is 65.8. The predicted octanol–water partition coefficient (Wildman–Crippen LogP) is 13.7. The minimum absolute atomic E-state index is 0.918. The second-order valence-corrected chi connectivity index (χ2v) is 12.8. The maximum Gasteiger partial charge on any atom is 0.143 e. The summed E-state index contributed by atoms with van der Waals surface area (Å²) in [5.74, 6) is 0. The Kier molecular flexibility index (Phi) is 6.25. The van der Waals surface area contributed by atoms with Crippen molar-refractivity contribution in [3.63, 3.8) is 0 Å². The Labute approximate surface area is 284 Å². The van der Waals surface area contributed by atoms with Gasteiger partial charge in [-0.15, -0.1) is 0 Å². The highest BCUT2D eigenvalue weighted by atomic mass is 16.3. The molecule has 0 N–H and O–H groups in total. The van der Waals surface area contributed by atoms with Crippen LogP contribution in [0, 0.1) is 0 Å². The summed E-state index contributed by atoms with van der Waals surface area (Å²) >= 11 is 0. The maximum atomic E-state index is 6.52. The molecule has 0 saturated heterocycles. The average Bonchev–Trinajstić information content (AvgIpc) is 3.57. The van der Waals surface area contributed by atoms with E-state index in [1.165, 1.54) is 71.4 Å². The van der Waals surface area contributed by atoms with E-state index >= 15 is 0 Å². The minimum atomic E-state index is 0.918. The normalized spacial score (nSPS) is 11.7.